The number of rotatable bonds is 2. The van der Waals surface area contributed by atoms with Gasteiger partial charge >= 0.3 is 0 Å². The van der Waals surface area contributed by atoms with Crippen molar-refractivity contribution in [3.8, 4) is 0 Å². The molecule has 6 nitrogen and oxygen atoms in total. The maximum atomic E-state index is 9.47. The second-order valence-electron chi connectivity index (χ2n) is 3.32. The molecule has 2 aliphatic heterocycles. The second-order valence-corrected chi connectivity index (χ2v) is 3.32. The third-order valence-corrected chi connectivity index (χ3v) is 2.43. The van der Waals surface area contributed by atoms with Gasteiger partial charge in [0.2, 0.25) is 0 Å². The highest BCUT2D eigenvalue weighted by Gasteiger charge is 2.41. The van der Waals surface area contributed by atoms with Crippen LogP contribution in [0.15, 0.2) is 0 Å². The van der Waals surface area contributed by atoms with Crippen LogP contribution in [0.5, 0.6) is 0 Å². The highest BCUT2D eigenvalue weighted by atomic mass is 16.8. The van der Waals surface area contributed by atoms with Crippen molar-refractivity contribution in [2.24, 2.45) is 0 Å². The minimum atomic E-state index is -0.940. The highest BCUT2D eigenvalue weighted by Crippen LogP contribution is 2.23. The van der Waals surface area contributed by atoms with E-state index in [1.54, 1.807) is 0 Å². The number of ether oxygens (including phenoxy) is 4. The zero-order valence-corrected chi connectivity index (χ0v) is 7.67. The predicted octanol–water partition coefficient (Wildman–Crippen LogP) is -1.55. The van der Waals surface area contributed by atoms with E-state index in [1.165, 1.54) is 0 Å². The van der Waals surface area contributed by atoms with E-state index in [0.717, 1.165) is 0 Å². The Balaban J connectivity index is 2.01. The molecule has 0 saturated carbocycles. The van der Waals surface area contributed by atoms with Gasteiger partial charge in [-0.15, -0.1) is 0 Å². The van der Waals surface area contributed by atoms with Crippen LogP contribution in [0.25, 0.3) is 0 Å². The van der Waals surface area contributed by atoms with Gasteiger partial charge in [0.05, 0.1) is 13.2 Å². The van der Waals surface area contributed by atoms with Crippen molar-refractivity contribution in [3.63, 3.8) is 0 Å². The number of hydrogen-bond donors (Lipinski definition) is 2. The topological polar surface area (TPSA) is 77.4 Å². The molecule has 2 aliphatic rings. The molecule has 0 aromatic rings. The van der Waals surface area contributed by atoms with Gasteiger partial charge in [0.15, 0.2) is 0 Å². The molecule has 2 fully saturated rings. The molecule has 2 rings (SSSR count). The van der Waals surface area contributed by atoms with Crippen molar-refractivity contribution in [3.05, 3.63) is 0 Å². The lowest BCUT2D eigenvalue weighted by molar-refractivity contribution is -0.314. The minimum Gasteiger partial charge on any atom is -0.394 e. The van der Waals surface area contributed by atoms with Gasteiger partial charge in [-0.2, -0.15) is 0 Å². The SMILES string of the molecule is OCC(O)C1OCOC2COCOC21. The summed E-state index contributed by atoms with van der Waals surface area (Å²) in [5.41, 5.74) is 0. The fraction of sp³-hybridized carbons (Fsp3) is 1.00. The molecule has 14 heavy (non-hydrogen) atoms. The molecule has 2 saturated heterocycles. The lowest BCUT2D eigenvalue weighted by Gasteiger charge is -2.41. The first kappa shape index (κ1) is 10.3. The quantitative estimate of drug-likeness (QED) is 0.570. The highest BCUT2D eigenvalue weighted by molar-refractivity contribution is 4.87. The molecule has 4 atom stereocenters. The maximum absolute atomic E-state index is 9.47. The first-order chi connectivity index (χ1) is 6.83. The molecule has 0 aromatic heterocycles. The van der Waals surface area contributed by atoms with Crippen LogP contribution in [0.2, 0.25) is 0 Å². The van der Waals surface area contributed by atoms with Gasteiger partial charge < -0.3 is 29.2 Å². The van der Waals surface area contributed by atoms with Crippen LogP contribution in [0.3, 0.4) is 0 Å². The van der Waals surface area contributed by atoms with Crippen molar-refractivity contribution in [1.29, 1.82) is 0 Å². The molecule has 0 spiro atoms. The van der Waals surface area contributed by atoms with Gasteiger partial charge in [0.1, 0.15) is 38.0 Å². The molecule has 0 bridgehead atoms. The minimum absolute atomic E-state index is 0.0929. The summed E-state index contributed by atoms with van der Waals surface area (Å²) in [4.78, 5) is 0. The average molecular weight is 206 g/mol. The summed E-state index contributed by atoms with van der Waals surface area (Å²) in [7, 11) is 0. The van der Waals surface area contributed by atoms with Gasteiger partial charge in [-0.25, -0.2) is 0 Å². The molecule has 0 radical (unpaired) electrons. The van der Waals surface area contributed by atoms with Crippen molar-refractivity contribution in [2.45, 2.75) is 24.4 Å². The molecule has 0 aliphatic carbocycles. The predicted molar refractivity (Wildman–Crippen MR) is 43.4 cm³/mol. The van der Waals surface area contributed by atoms with Crippen LogP contribution in [0.4, 0.5) is 0 Å². The Morgan fingerprint density at radius 3 is 2.86 bits per heavy atom. The monoisotopic (exact) mass is 206 g/mol. The number of hydrogen-bond acceptors (Lipinski definition) is 6. The number of aliphatic hydroxyl groups excluding tert-OH is 2. The molecule has 0 amide bonds. The Kier molecular flexibility index (Phi) is 3.32. The number of aliphatic hydroxyl groups is 2. The molecule has 6 heteroatoms. The normalized spacial score (nSPS) is 40.3. The van der Waals surface area contributed by atoms with Crippen LogP contribution in [-0.4, -0.2) is 61.4 Å². The standard InChI is InChI=1S/C8H14O6/c9-1-5(10)7-8-6(12-4-14-7)2-11-3-13-8/h5-10H,1-4H2. The van der Waals surface area contributed by atoms with Crippen molar-refractivity contribution >= 4 is 0 Å². The van der Waals surface area contributed by atoms with Crippen molar-refractivity contribution < 1.29 is 29.2 Å². The Labute approximate surface area is 81.3 Å². The summed E-state index contributed by atoms with van der Waals surface area (Å²) < 4.78 is 20.8. The molecular weight excluding hydrogens is 192 g/mol. The first-order valence-corrected chi connectivity index (χ1v) is 4.54. The molecular formula is C8H14O6. The van der Waals surface area contributed by atoms with Crippen molar-refractivity contribution in [2.75, 3.05) is 26.8 Å². The smallest absolute Gasteiger partial charge is 0.147 e. The van der Waals surface area contributed by atoms with E-state index in [9.17, 15) is 5.11 Å². The Bertz CT molecular complexity index is 183. The molecule has 2 N–H and O–H groups in total. The molecule has 4 unspecified atom stereocenters. The summed E-state index contributed by atoms with van der Waals surface area (Å²) in [5, 5.41) is 18.3. The summed E-state index contributed by atoms with van der Waals surface area (Å²) in [6.45, 7) is 0.346. The van der Waals surface area contributed by atoms with Crippen LogP contribution in [0.1, 0.15) is 0 Å². The van der Waals surface area contributed by atoms with Gasteiger partial charge in [-0.1, -0.05) is 0 Å². The van der Waals surface area contributed by atoms with E-state index in [-0.39, 0.29) is 32.4 Å². The van der Waals surface area contributed by atoms with E-state index < -0.39 is 12.2 Å². The van der Waals surface area contributed by atoms with Gasteiger partial charge in [-0.3, -0.25) is 0 Å². The van der Waals surface area contributed by atoms with Crippen molar-refractivity contribution in [1.82, 2.24) is 0 Å². The van der Waals surface area contributed by atoms with Crippen LogP contribution in [0, 0.1) is 0 Å². The zero-order chi connectivity index (χ0) is 9.97. The second kappa shape index (κ2) is 4.52. The molecule has 2 heterocycles. The zero-order valence-electron chi connectivity index (χ0n) is 7.67. The summed E-state index contributed by atoms with van der Waals surface area (Å²) in [6, 6.07) is 0. The third kappa shape index (κ3) is 1.90. The summed E-state index contributed by atoms with van der Waals surface area (Å²) in [6.07, 6.45) is -2.06. The lowest BCUT2D eigenvalue weighted by Crippen LogP contribution is -2.57. The fourth-order valence-corrected chi connectivity index (χ4v) is 1.68. The third-order valence-electron chi connectivity index (χ3n) is 2.43. The Morgan fingerprint density at radius 2 is 2.07 bits per heavy atom. The maximum Gasteiger partial charge on any atom is 0.147 e. The van der Waals surface area contributed by atoms with E-state index in [1.807, 2.05) is 0 Å². The number of fused-ring (bicyclic) bond motifs is 1. The molecule has 82 valence electrons. The van der Waals surface area contributed by atoms with Crippen LogP contribution < -0.4 is 0 Å². The largest absolute Gasteiger partial charge is 0.394 e. The first-order valence-electron chi connectivity index (χ1n) is 4.54. The van der Waals surface area contributed by atoms with Gasteiger partial charge in [-0.05, 0) is 0 Å². The van der Waals surface area contributed by atoms with Gasteiger partial charge in [0, 0.05) is 0 Å². The van der Waals surface area contributed by atoms with E-state index in [0.29, 0.717) is 6.61 Å². The lowest BCUT2D eigenvalue weighted by atomic mass is 10.0. The van der Waals surface area contributed by atoms with Crippen LogP contribution in [-0.2, 0) is 18.9 Å². The van der Waals surface area contributed by atoms with Gasteiger partial charge in [0.25, 0.3) is 0 Å². The Morgan fingerprint density at radius 1 is 1.21 bits per heavy atom. The summed E-state index contributed by atoms with van der Waals surface area (Å²) >= 11 is 0. The van der Waals surface area contributed by atoms with Crippen LogP contribution >= 0.6 is 0 Å². The van der Waals surface area contributed by atoms with E-state index in [4.69, 9.17) is 24.1 Å². The molecule has 0 aromatic carbocycles. The van der Waals surface area contributed by atoms with E-state index >= 15 is 0 Å². The Hall–Kier alpha value is -0.240. The summed E-state index contributed by atoms with van der Waals surface area (Å²) in [5.74, 6) is 0. The fourth-order valence-electron chi connectivity index (χ4n) is 1.68. The average Bonchev–Trinajstić information content (AvgIpc) is 2.27. The van der Waals surface area contributed by atoms with E-state index in [2.05, 4.69) is 0 Å².